The summed E-state index contributed by atoms with van der Waals surface area (Å²) in [4.78, 5) is 13.9. The molecular weight excluding hydrogens is 514 g/mol. The summed E-state index contributed by atoms with van der Waals surface area (Å²) in [6.45, 7) is 5.98. The van der Waals surface area contributed by atoms with E-state index in [9.17, 15) is 31.1 Å². The van der Waals surface area contributed by atoms with E-state index >= 15 is 0 Å². The van der Waals surface area contributed by atoms with Crippen molar-refractivity contribution in [1.29, 1.82) is 0 Å². The Morgan fingerprint density at radius 2 is 1.15 bits per heavy atom. The smallest absolute Gasteiger partial charge is 0.293 e. The van der Waals surface area contributed by atoms with Crippen LogP contribution >= 0.6 is 0 Å². The third kappa shape index (κ3) is 4.44. The molecule has 0 radical (unpaired) electrons. The van der Waals surface area contributed by atoms with E-state index in [2.05, 4.69) is 0 Å². The Hall–Kier alpha value is -3.87. The zero-order valence-electron chi connectivity index (χ0n) is 21.3. The number of hydrogen-bond donors (Lipinski definition) is 0. The van der Waals surface area contributed by atoms with Crippen molar-refractivity contribution in [3.05, 3.63) is 130 Å². The fourth-order valence-corrected chi connectivity index (χ4v) is 5.36. The van der Waals surface area contributed by atoms with Crippen molar-refractivity contribution in [3.8, 4) is 0 Å². The highest BCUT2D eigenvalue weighted by Crippen LogP contribution is 2.57. The van der Waals surface area contributed by atoms with Crippen molar-refractivity contribution in [1.82, 2.24) is 0 Å². The molecule has 3 aromatic rings. The normalized spacial score (nSPS) is 19.5. The molecule has 0 N–H and O–H groups in total. The molecule has 1 unspecified atom stereocenters. The molecular formula is C32H24F6O. The van der Waals surface area contributed by atoms with Gasteiger partial charge >= 0.3 is 12.4 Å². The molecule has 0 bridgehead atoms. The van der Waals surface area contributed by atoms with Gasteiger partial charge in [-0.05, 0) is 74.7 Å². The average molecular weight is 539 g/mol. The summed E-state index contributed by atoms with van der Waals surface area (Å²) in [6, 6.07) is 16.3. The van der Waals surface area contributed by atoms with Crippen LogP contribution in [0.3, 0.4) is 0 Å². The van der Waals surface area contributed by atoms with Crippen LogP contribution in [-0.4, -0.2) is 5.78 Å². The number of alkyl halides is 6. The number of carbonyl (C=O) groups is 1. The van der Waals surface area contributed by atoms with Crippen molar-refractivity contribution in [2.24, 2.45) is 5.41 Å². The third-order valence-electron chi connectivity index (χ3n) is 7.31. The number of rotatable bonds is 2. The maximum absolute atomic E-state index is 13.9. The summed E-state index contributed by atoms with van der Waals surface area (Å²) in [5.41, 5.74) is 0.482. The van der Waals surface area contributed by atoms with Crippen molar-refractivity contribution < 1.29 is 31.1 Å². The Kier molecular flexibility index (Phi) is 6.05. The first-order valence-electron chi connectivity index (χ1n) is 12.3. The number of fused-ring (bicyclic) bond motifs is 2. The number of halogens is 6. The maximum Gasteiger partial charge on any atom is 0.416 e. The lowest BCUT2D eigenvalue weighted by Gasteiger charge is -2.35. The lowest BCUT2D eigenvalue weighted by molar-refractivity contribution is -0.138. The van der Waals surface area contributed by atoms with Gasteiger partial charge in [0.2, 0.25) is 0 Å². The topological polar surface area (TPSA) is 17.1 Å². The molecule has 0 heterocycles. The van der Waals surface area contributed by atoms with Gasteiger partial charge in [-0.15, -0.1) is 0 Å². The van der Waals surface area contributed by atoms with Gasteiger partial charge in [0.05, 0.1) is 11.1 Å². The fraction of sp³-hybridized carbons (Fsp3) is 0.219. The van der Waals surface area contributed by atoms with Crippen LogP contribution in [0.2, 0.25) is 0 Å². The molecule has 0 fully saturated rings. The SMILES string of the molecule is CC(C)(C)C1=CC2(C(=O)C=C1)C(c1ccc(C(F)(F)F)cc1)=C(c1ccc(C(F)(F)F)cc1)c1ccccc12. The van der Waals surface area contributed by atoms with E-state index in [1.54, 1.807) is 30.3 Å². The minimum absolute atomic E-state index is 0.278. The van der Waals surface area contributed by atoms with E-state index in [4.69, 9.17) is 0 Å². The van der Waals surface area contributed by atoms with Gasteiger partial charge in [-0.1, -0.05) is 81.5 Å². The van der Waals surface area contributed by atoms with E-state index in [0.717, 1.165) is 29.8 Å². The van der Waals surface area contributed by atoms with Crippen molar-refractivity contribution in [2.45, 2.75) is 38.5 Å². The quantitative estimate of drug-likeness (QED) is 0.298. The van der Waals surface area contributed by atoms with Gasteiger partial charge in [-0.3, -0.25) is 4.79 Å². The van der Waals surface area contributed by atoms with Gasteiger partial charge < -0.3 is 0 Å². The number of hydrogen-bond acceptors (Lipinski definition) is 1. The second-order valence-electron chi connectivity index (χ2n) is 10.8. The molecule has 0 aliphatic heterocycles. The fourth-order valence-electron chi connectivity index (χ4n) is 5.36. The number of benzene rings is 3. The van der Waals surface area contributed by atoms with Gasteiger partial charge in [0.1, 0.15) is 5.41 Å². The van der Waals surface area contributed by atoms with Crippen molar-refractivity contribution >= 4 is 16.9 Å². The Balaban J connectivity index is 1.87. The zero-order valence-corrected chi connectivity index (χ0v) is 21.3. The van der Waals surface area contributed by atoms with E-state index in [0.29, 0.717) is 33.4 Å². The van der Waals surface area contributed by atoms with Crippen LogP contribution in [0.25, 0.3) is 11.1 Å². The largest absolute Gasteiger partial charge is 0.416 e. The van der Waals surface area contributed by atoms with Crippen molar-refractivity contribution in [2.75, 3.05) is 0 Å². The molecule has 2 aliphatic rings. The van der Waals surface area contributed by atoms with Gasteiger partial charge in [-0.2, -0.15) is 26.3 Å². The van der Waals surface area contributed by atoms with Crippen LogP contribution in [0.5, 0.6) is 0 Å². The highest BCUT2D eigenvalue weighted by Gasteiger charge is 2.50. The standard InChI is InChI=1S/C32H24F6O/c1-29(2,3)23-16-17-26(39)30(18-23)25-7-5-4-6-24(25)27(19-8-12-21(13-9-19)31(33,34)35)28(30)20-10-14-22(15-11-20)32(36,37)38/h4-18H,1-3H3. The number of allylic oxidation sites excluding steroid dienone is 5. The molecule has 2 aliphatic carbocycles. The number of ketones is 1. The van der Waals surface area contributed by atoms with E-state index < -0.39 is 28.9 Å². The van der Waals surface area contributed by atoms with Crippen LogP contribution in [0.4, 0.5) is 26.3 Å². The van der Waals surface area contributed by atoms with Gasteiger partial charge in [-0.25, -0.2) is 0 Å². The summed E-state index contributed by atoms with van der Waals surface area (Å²) in [5, 5.41) is 0. The van der Waals surface area contributed by atoms with Gasteiger partial charge in [0.25, 0.3) is 0 Å². The summed E-state index contributed by atoms with van der Waals surface area (Å²) in [5.74, 6) is -0.278. The van der Waals surface area contributed by atoms with Crippen LogP contribution in [0.15, 0.2) is 96.6 Å². The predicted molar refractivity (Wildman–Crippen MR) is 139 cm³/mol. The second kappa shape index (κ2) is 8.83. The lowest BCUT2D eigenvalue weighted by atomic mass is 9.66. The monoisotopic (exact) mass is 538 g/mol. The van der Waals surface area contributed by atoms with Crippen LogP contribution in [0.1, 0.15) is 54.2 Å². The molecule has 0 saturated heterocycles. The molecule has 7 heteroatoms. The van der Waals surface area contributed by atoms with Crippen LogP contribution in [0, 0.1) is 5.41 Å². The summed E-state index contributed by atoms with van der Waals surface area (Å²) in [7, 11) is 0. The Bertz CT molecular complexity index is 1540. The number of carbonyl (C=O) groups excluding carboxylic acids is 1. The minimum Gasteiger partial charge on any atom is -0.293 e. The minimum atomic E-state index is -4.55. The molecule has 0 amide bonds. The Morgan fingerprint density at radius 1 is 0.641 bits per heavy atom. The van der Waals surface area contributed by atoms with Gasteiger partial charge in [0, 0.05) is 0 Å². The molecule has 1 atom stereocenters. The third-order valence-corrected chi connectivity index (χ3v) is 7.31. The average Bonchev–Trinajstić information content (AvgIpc) is 3.15. The van der Waals surface area contributed by atoms with Gasteiger partial charge in [0.15, 0.2) is 5.78 Å². The first-order valence-corrected chi connectivity index (χ1v) is 12.3. The van der Waals surface area contributed by atoms with Crippen LogP contribution < -0.4 is 0 Å². The summed E-state index contributed by atoms with van der Waals surface area (Å²) < 4.78 is 80.2. The highest BCUT2D eigenvalue weighted by atomic mass is 19.4. The summed E-state index contributed by atoms with van der Waals surface area (Å²) in [6.07, 6.45) is -4.00. The summed E-state index contributed by atoms with van der Waals surface area (Å²) >= 11 is 0. The van der Waals surface area contributed by atoms with Crippen LogP contribution in [-0.2, 0) is 22.6 Å². The molecule has 39 heavy (non-hydrogen) atoms. The second-order valence-corrected chi connectivity index (χ2v) is 10.8. The molecule has 200 valence electrons. The Labute approximate surface area is 222 Å². The molecule has 0 aromatic heterocycles. The Morgan fingerprint density at radius 3 is 1.67 bits per heavy atom. The molecule has 1 spiro atoms. The molecule has 1 nitrogen and oxygen atoms in total. The van der Waals surface area contributed by atoms with E-state index in [1.807, 2.05) is 26.8 Å². The maximum atomic E-state index is 13.9. The predicted octanol–water partition coefficient (Wildman–Crippen LogP) is 9.05. The first-order chi connectivity index (χ1) is 18.1. The zero-order chi connectivity index (χ0) is 28.4. The van der Waals surface area contributed by atoms with E-state index in [1.165, 1.54) is 30.3 Å². The van der Waals surface area contributed by atoms with Crippen molar-refractivity contribution in [3.63, 3.8) is 0 Å². The van der Waals surface area contributed by atoms with E-state index in [-0.39, 0.29) is 11.2 Å². The first kappa shape index (κ1) is 26.7. The molecule has 5 rings (SSSR count). The lowest BCUT2D eigenvalue weighted by Crippen LogP contribution is -2.36. The molecule has 0 saturated carbocycles. The highest BCUT2D eigenvalue weighted by molar-refractivity contribution is 6.22. The molecule has 3 aromatic carbocycles.